The molecule has 7 nitrogen and oxygen atoms in total. The summed E-state index contributed by atoms with van der Waals surface area (Å²) in [4.78, 5) is 25.6. The van der Waals surface area contributed by atoms with Crippen molar-refractivity contribution in [1.82, 2.24) is 4.90 Å². The normalized spacial score (nSPS) is 21.0. The molecule has 1 unspecified atom stereocenters. The number of non-ortho nitro benzene ring substituents is 1. The van der Waals surface area contributed by atoms with Crippen molar-refractivity contribution in [2.75, 3.05) is 26.3 Å². The van der Waals surface area contributed by atoms with Crippen LogP contribution < -0.4 is 0 Å². The highest BCUT2D eigenvalue weighted by Crippen LogP contribution is 2.32. The molecule has 2 fully saturated rings. The molecule has 2 aliphatic rings. The van der Waals surface area contributed by atoms with Gasteiger partial charge in [0, 0.05) is 30.0 Å². The Labute approximate surface area is 144 Å². The highest BCUT2D eigenvalue weighted by molar-refractivity contribution is 8.00. The summed E-state index contributed by atoms with van der Waals surface area (Å²) in [5.74, 6) is -0.581. The van der Waals surface area contributed by atoms with Gasteiger partial charge in [-0.15, -0.1) is 11.8 Å². The predicted octanol–water partition coefficient (Wildman–Crippen LogP) is 2.44. The number of carbonyl (C=O) groups excluding carboxylic acids is 1. The standard InChI is InChI=1S/C16H20N2O5S/c1-12(24-14-5-3-13(4-6-14)18(20)21)15(19)17-8-2-7-16(11-17)22-9-10-23-16/h3-6,12H,2,7-11H2,1H3. The number of nitro groups is 1. The average Bonchev–Trinajstić information content (AvgIpc) is 3.02. The van der Waals surface area contributed by atoms with Gasteiger partial charge in [-0.05, 0) is 25.5 Å². The molecular weight excluding hydrogens is 332 g/mol. The molecule has 130 valence electrons. The quantitative estimate of drug-likeness (QED) is 0.470. The molecule has 0 radical (unpaired) electrons. The number of hydrogen-bond acceptors (Lipinski definition) is 6. The molecule has 1 amide bonds. The van der Waals surface area contributed by atoms with Crippen molar-refractivity contribution >= 4 is 23.4 Å². The van der Waals surface area contributed by atoms with Crippen molar-refractivity contribution in [3.8, 4) is 0 Å². The van der Waals surface area contributed by atoms with Crippen LogP contribution in [-0.2, 0) is 14.3 Å². The summed E-state index contributed by atoms with van der Waals surface area (Å²) in [7, 11) is 0. The monoisotopic (exact) mass is 352 g/mol. The summed E-state index contributed by atoms with van der Waals surface area (Å²) in [6, 6.07) is 6.26. The summed E-state index contributed by atoms with van der Waals surface area (Å²) >= 11 is 1.40. The number of amides is 1. The van der Waals surface area contributed by atoms with Crippen molar-refractivity contribution in [2.45, 2.75) is 35.7 Å². The van der Waals surface area contributed by atoms with Crippen LogP contribution in [0.25, 0.3) is 0 Å². The van der Waals surface area contributed by atoms with Crippen LogP contribution in [0.5, 0.6) is 0 Å². The molecule has 0 bridgehead atoms. The van der Waals surface area contributed by atoms with E-state index >= 15 is 0 Å². The van der Waals surface area contributed by atoms with Crippen LogP contribution in [0.4, 0.5) is 5.69 Å². The molecule has 2 saturated heterocycles. The SMILES string of the molecule is CC(Sc1ccc([N+](=O)[O-])cc1)C(=O)N1CCCC2(C1)OCCO2. The van der Waals surface area contributed by atoms with Gasteiger partial charge in [-0.2, -0.15) is 0 Å². The van der Waals surface area contributed by atoms with Gasteiger partial charge >= 0.3 is 0 Å². The van der Waals surface area contributed by atoms with Gasteiger partial charge in [-0.3, -0.25) is 14.9 Å². The fourth-order valence-corrected chi connectivity index (χ4v) is 4.02. The maximum absolute atomic E-state index is 12.7. The molecule has 0 N–H and O–H groups in total. The van der Waals surface area contributed by atoms with Gasteiger partial charge in [-0.1, -0.05) is 0 Å². The van der Waals surface area contributed by atoms with E-state index in [1.54, 1.807) is 17.0 Å². The van der Waals surface area contributed by atoms with E-state index in [9.17, 15) is 14.9 Å². The Balaban J connectivity index is 1.60. The Kier molecular flexibility index (Phi) is 5.07. The number of ether oxygens (including phenoxy) is 2. The van der Waals surface area contributed by atoms with Crippen molar-refractivity contribution in [2.24, 2.45) is 0 Å². The molecule has 1 aromatic rings. The molecule has 24 heavy (non-hydrogen) atoms. The third kappa shape index (κ3) is 3.71. The van der Waals surface area contributed by atoms with Gasteiger partial charge in [0.05, 0.1) is 29.9 Å². The minimum absolute atomic E-state index is 0.0385. The molecule has 8 heteroatoms. The Hall–Kier alpha value is -1.64. The Morgan fingerprint density at radius 3 is 2.62 bits per heavy atom. The summed E-state index contributed by atoms with van der Waals surface area (Å²) < 4.78 is 11.4. The van der Waals surface area contributed by atoms with E-state index < -0.39 is 10.7 Å². The van der Waals surface area contributed by atoms with Crippen molar-refractivity contribution in [3.05, 3.63) is 34.4 Å². The van der Waals surface area contributed by atoms with Crippen molar-refractivity contribution in [3.63, 3.8) is 0 Å². The fraction of sp³-hybridized carbons (Fsp3) is 0.562. The van der Waals surface area contributed by atoms with Crippen LogP contribution in [0.15, 0.2) is 29.2 Å². The second kappa shape index (κ2) is 7.08. The first-order valence-electron chi connectivity index (χ1n) is 7.97. The molecule has 2 aliphatic heterocycles. The molecule has 0 saturated carbocycles. The van der Waals surface area contributed by atoms with Crippen LogP contribution in [-0.4, -0.2) is 53.1 Å². The largest absolute Gasteiger partial charge is 0.346 e. The van der Waals surface area contributed by atoms with Gasteiger partial charge in [0.25, 0.3) is 5.69 Å². The molecule has 1 aromatic carbocycles. The van der Waals surface area contributed by atoms with E-state index in [0.29, 0.717) is 26.3 Å². The number of benzene rings is 1. The van der Waals surface area contributed by atoms with Crippen LogP contribution in [0.1, 0.15) is 19.8 Å². The van der Waals surface area contributed by atoms with Crippen LogP contribution in [0.2, 0.25) is 0 Å². The number of piperidine rings is 1. The second-order valence-corrected chi connectivity index (χ2v) is 7.40. The van der Waals surface area contributed by atoms with E-state index in [1.165, 1.54) is 23.9 Å². The molecule has 2 heterocycles. The highest BCUT2D eigenvalue weighted by Gasteiger charge is 2.42. The topological polar surface area (TPSA) is 81.9 Å². The number of thioether (sulfide) groups is 1. The lowest BCUT2D eigenvalue weighted by Gasteiger charge is -2.39. The Morgan fingerprint density at radius 2 is 2.00 bits per heavy atom. The smallest absolute Gasteiger partial charge is 0.269 e. The molecule has 1 spiro atoms. The van der Waals surface area contributed by atoms with Gasteiger partial charge in [-0.25, -0.2) is 0 Å². The van der Waals surface area contributed by atoms with E-state index in [0.717, 1.165) is 17.7 Å². The molecular formula is C16H20N2O5S. The zero-order valence-electron chi connectivity index (χ0n) is 13.5. The first-order chi connectivity index (χ1) is 11.5. The average molecular weight is 352 g/mol. The van der Waals surface area contributed by atoms with Crippen molar-refractivity contribution < 1.29 is 19.2 Å². The summed E-state index contributed by atoms with van der Waals surface area (Å²) in [6.07, 6.45) is 1.68. The number of nitro benzene ring substituents is 1. The Morgan fingerprint density at radius 1 is 1.33 bits per heavy atom. The number of carbonyl (C=O) groups is 1. The van der Waals surface area contributed by atoms with Gasteiger partial charge in [0.1, 0.15) is 0 Å². The zero-order chi connectivity index (χ0) is 17.2. The lowest BCUT2D eigenvalue weighted by molar-refractivity contribution is -0.384. The highest BCUT2D eigenvalue weighted by atomic mass is 32.2. The number of rotatable bonds is 4. The van der Waals surface area contributed by atoms with E-state index in [2.05, 4.69) is 0 Å². The first kappa shape index (κ1) is 17.2. The zero-order valence-corrected chi connectivity index (χ0v) is 14.3. The van der Waals surface area contributed by atoms with Gasteiger partial charge in [0.15, 0.2) is 5.79 Å². The third-order valence-corrected chi connectivity index (χ3v) is 5.35. The number of hydrogen-bond donors (Lipinski definition) is 0. The van der Waals surface area contributed by atoms with Gasteiger partial charge in [0.2, 0.25) is 5.91 Å². The summed E-state index contributed by atoms with van der Waals surface area (Å²) in [6.45, 7) is 4.19. The molecule has 0 aliphatic carbocycles. The third-order valence-electron chi connectivity index (χ3n) is 4.25. The fourth-order valence-electron chi connectivity index (χ4n) is 3.07. The van der Waals surface area contributed by atoms with Crippen molar-refractivity contribution in [1.29, 1.82) is 0 Å². The molecule has 1 atom stereocenters. The maximum atomic E-state index is 12.7. The Bertz CT molecular complexity index is 615. The minimum Gasteiger partial charge on any atom is -0.346 e. The van der Waals surface area contributed by atoms with E-state index in [4.69, 9.17) is 9.47 Å². The number of nitrogens with zero attached hydrogens (tertiary/aromatic N) is 2. The minimum atomic E-state index is -0.619. The lowest BCUT2D eigenvalue weighted by atomic mass is 10.0. The number of likely N-dealkylation sites (tertiary alicyclic amines) is 1. The molecule has 0 aromatic heterocycles. The van der Waals surface area contributed by atoms with E-state index in [1.807, 2.05) is 6.92 Å². The summed E-state index contributed by atoms with van der Waals surface area (Å²) in [5, 5.41) is 10.4. The lowest BCUT2D eigenvalue weighted by Crippen LogP contribution is -2.52. The van der Waals surface area contributed by atoms with Crippen LogP contribution >= 0.6 is 11.8 Å². The van der Waals surface area contributed by atoms with Gasteiger partial charge < -0.3 is 14.4 Å². The summed E-state index contributed by atoms with van der Waals surface area (Å²) in [5.41, 5.74) is 0.0480. The second-order valence-electron chi connectivity index (χ2n) is 5.98. The van der Waals surface area contributed by atoms with Crippen LogP contribution in [0.3, 0.4) is 0 Å². The van der Waals surface area contributed by atoms with E-state index in [-0.39, 0.29) is 16.8 Å². The van der Waals surface area contributed by atoms with Crippen LogP contribution in [0, 0.1) is 10.1 Å². The first-order valence-corrected chi connectivity index (χ1v) is 8.85. The molecule has 3 rings (SSSR count). The maximum Gasteiger partial charge on any atom is 0.269 e. The predicted molar refractivity (Wildman–Crippen MR) is 88.9 cm³/mol.